The van der Waals surface area contributed by atoms with E-state index in [4.69, 9.17) is 9.47 Å². The van der Waals surface area contributed by atoms with Gasteiger partial charge in [0.1, 0.15) is 29.0 Å². The van der Waals surface area contributed by atoms with Gasteiger partial charge in [-0.05, 0) is 39.3 Å². The minimum absolute atomic E-state index is 0.0165. The molecule has 0 bridgehead atoms. The molecule has 12 nitrogen and oxygen atoms in total. The smallest absolute Gasteiger partial charge is 0.410 e. The van der Waals surface area contributed by atoms with Crippen molar-refractivity contribution < 1.29 is 19.1 Å². The van der Waals surface area contributed by atoms with Crippen molar-refractivity contribution >= 4 is 17.8 Å². The molecule has 0 saturated carbocycles. The van der Waals surface area contributed by atoms with E-state index in [1.807, 2.05) is 25.3 Å². The van der Waals surface area contributed by atoms with Crippen LogP contribution in [0.5, 0.6) is 5.88 Å². The van der Waals surface area contributed by atoms with E-state index in [9.17, 15) is 9.59 Å². The Morgan fingerprint density at radius 2 is 2.03 bits per heavy atom. The molecule has 1 aliphatic heterocycles. The van der Waals surface area contributed by atoms with Gasteiger partial charge in [0.15, 0.2) is 5.82 Å². The fourth-order valence-electron chi connectivity index (χ4n) is 3.74. The number of aryl methyl sites for hydroxylation is 1. The Balaban J connectivity index is 1.50. The van der Waals surface area contributed by atoms with Crippen molar-refractivity contribution in [3.05, 3.63) is 36.3 Å². The highest BCUT2D eigenvalue weighted by Crippen LogP contribution is 2.28. The van der Waals surface area contributed by atoms with Crippen LogP contribution in [0.4, 0.5) is 10.6 Å². The zero-order valence-electron chi connectivity index (χ0n) is 19.8. The van der Waals surface area contributed by atoms with Gasteiger partial charge in [-0.15, -0.1) is 15.3 Å². The van der Waals surface area contributed by atoms with Crippen molar-refractivity contribution in [1.29, 1.82) is 0 Å². The summed E-state index contributed by atoms with van der Waals surface area (Å²) in [7, 11) is 3.16. The molecule has 3 aromatic rings. The second-order valence-electron chi connectivity index (χ2n) is 9.02. The van der Waals surface area contributed by atoms with Crippen molar-refractivity contribution in [3.63, 3.8) is 0 Å². The molecule has 34 heavy (non-hydrogen) atoms. The van der Waals surface area contributed by atoms with Gasteiger partial charge in [-0.3, -0.25) is 9.48 Å². The molecule has 4 rings (SSSR count). The van der Waals surface area contributed by atoms with Gasteiger partial charge in [-0.2, -0.15) is 0 Å². The molecule has 0 spiro atoms. The van der Waals surface area contributed by atoms with E-state index in [2.05, 4.69) is 25.6 Å². The van der Waals surface area contributed by atoms with Crippen LogP contribution in [0.3, 0.4) is 0 Å². The minimum Gasteiger partial charge on any atom is -0.479 e. The molecule has 1 unspecified atom stereocenters. The number of carbonyl (C=O) groups is 2. The molecule has 1 N–H and O–H groups in total. The molecule has 1 saturated heterocycles. The molecule has 0 aromatic carbocycles. The summed E-state index contributed by atoms with van der Waals surface area (Å²) >= 11 is 0. The summed E-state index contributed by atoms with van der Waals surface area (Å²) in [5.74, 6) is 0.738. The SMILES string of the molecule is COc1nn(C)cc1C(=O)Nc1cccc(-c2nncn2C2CCN(C(=O)OC(C)(C)C)C2)n1. The number of hydrogen-bond donors (Lipinski definition) is 1. The lowest BCUT2D eigenvalue weighted by atomic mass is 10.2. The number of ether oxygens (including phenoxy) is 2. The van der Waals surface area contributed by atoms with Gasteiger partial charge < -0.3 is 24.3 Å². The Hall–Kier alpha value is -3.96. The first kappa shape index (κ1) is 23.2. The molecule has 2 amide bonds. The summed E-state index contributed by atoms with van der Waals surface area (Å²) in [5, 5.41) is 15.2. The first-order valence-corrected chi connectivity index (χ1v) is 10.9. The first-order valence-electron chi connectivity index (χ1n) is 10.9. The minimum atomic E-state index is -0.550. The molecule has 1 aliphatic rings. The van der Waals surface area contributed by atoms with E-state index < -0.39 is 5.60 Å². The zero-order valence-corrected chi connectivity index (χ0v) is 19.8. The van der Waals surface area contributed by atoms with Gasteiger partial charge in [0.2, 0.25) is 5.88 Å². The highest BCUT2D eigenvalue weighted by atomic mass is 16.6. The maximum absolute atomic E-state index is 12.7. The second-order valence-corrected chi connectivity index (χ2v) is 9.02. The Morgan fingerprint density at radius 3 is 2.76 bits per heavy atom. The van der Waals surface area contributed by atoms with Crippen LogP contribution in [0.15, 0.2) is 30.7 Å². The molecule has 1 atom stereocenters. The van der Waals surface area contributed by atoms with Crippen LogP contribution in [0.1, 0.15) is 43.6 Å². The van der Waals surface area contributed by atoms with Gasteiger partial charge in [0, 0.05) is 26.3 Å². The first-order chi connectivity index (χ1) is 16.1. The van der Waals surface area contributed by atoms with Crippen LogP contribution in [-0.2, 0) is 11.8 Å². The molecule has 0 radical (unpaired) electrons. The number of hydrogen-bond acceptors (Lipinski definition) is 8. The third-order valence-corrected chi connectivity index (χ3v) is 5.23. The van der Waals surface area contributed by atoms with E-state index >= 15 is 0 Å². The number of methoxy groups -OCH3 is 1. The van der Waals surface area contributed by atoms with E-state index in [0.717, 1.165) is 6.42 Å². The molecular weight excluding hydrogens is 440 g/mol. The van der Waals surface area contributed by atoms with Gasteiger partial charge >= 0.3 is 6.09 Å². The van der Waals surface area contributed by atoms with Crippen LogP contribution in [0.2, 0.25) is 0 Å². The van der Waals surface area contributed by atoms with E-state index in [-0.39, 0.29) is 23.9 Å². The van der Waals surface area contributed by atoms with Crippen molar-refractivity contribution in [3.8, 4) is 17.4 Å². The fourth-order valence-corrected chi connectivity index (χ4v) is 3.74. The second kappa shape index (κ2) is 9.12. The summed E-state index contributed by atoms with van der Waals surface area (Å²) < 4.78 is 14.1. The van der Waals surface area contributed by atoms with Crippen molar-refractivity contribution in [2.45, 2.75) is 38.8 Å². The zero-order chi connectivity index (χ0) is 24.5. The topological polar surface area (TPSA) is 129 Å². The van der Waals surface area contributed by atoms with Crippen LogP contribution in [-0.4, -0.2) is 72.2 Å². The number of pyridine rings is 1. The normalized spacial score (nSPS) is 15.9. The third-order valence-electron chi connectivity index (χ3n) is 5.23. The van der Waals surface area contributed by atoms with Crippen molar-refractivity contribution in [2.75, 3.05) is 25.5 Å². The standard InChI is InChI=1S/C22H28N8O4/c1-22(2,3)34-21(32)29-10-9-14(11-29)30-13-23-26-18(30)16-7-6-8-17(24-16)25-19(31)15-12-28(4)27-20(15)33-5/h6-8,12-14H,9-11H2,1-5H3,(H,24,25,31). The third kappa shape index (κ3) is 5.00. The number of nitrogens with zero attached hydrogens (tertiary/aromatic N) is 7. The predicted molar refractivity (Wildman–Crippen MR) is 122 cm³/mol. The van der Waals surface area contributed by atoms with Crippen molar-refractivity contribution in [2.24, 2.45) is 7.05 Å². The molecule has 12 heteroatoms. The van der Waals surface area contributed by atoms with Crippen LogP contribution < -0.4 is 10.1 Å². The maximum Gasteiger partial charge on any atom is 0.410 e. The highest BCUT2D eigenvalue weighted by Gasteiger charge is 2.32. The lowest BCUT2D eigenvalue weighted by Crippen LogP contribution is -2.35. The molecule has 3 aromatic heterocycles. The summed E-state index contributed by atoms with van der Waals surface area (Å²) in [6.07, 6.45) is 3.61. The van der Waals surface area contributed by atoms with Gasteiger partial charge in [0.05, 0.1) is 13.2 Å². The summed E-state index contributed by atoms with van der Waals surface area (Å²) in [6.45, 7) is 6.60. The maximum atomic E-state index is 12.7. The average Bonchev–Trinajstić information content (AvgIpc) is 3.51. The molecule has 180 valence electrons. The van der Waals surface area contributed by atoms with Crippen LogP contribution >= 0.6 is 0 Å². The van der Waals surface area contributed by atoms with Crippen LogP contribution in [0.25, 0.3) is 11.5 Å². The monoisotopic (exact) mass is 468 g/mol. The van der Waals surface area contributed by atoms with E-state index in [1.165, 1.54) is 11.8 Å². The number of carbonyl (C=O) groups excluding carboxylic acids is 2. The van der Waals surface area contributed by atoms with Crippen LogP contribution in [0, 0.1) is 0 Å². The van der Waals surface area contributed by atoms with Gasteiger partial charge in [-0.25, -0.2) is 9.78 Å². The number of amides is 2. The number of nitrogens with one attached hydrogen (secondary N) is 1. The molecule has 1 fully saturated rings. The fraction of sp³-hybridized carbons (Fsp3) is 0.455. The summed E-state index contributed by atoms with van der Waals surface area (Å²) in [5.41, 5.74) is 0.295. The Bertz CT molecular complexity index is 1200. The number of likely N-dealkylation sites (tertiary alicyclic amines) is 1. The van der Waals surface area contributed by atoms with E-state index in [0.29, 0.717) is 36.0 Å². The Kier molecular flexibility index (Phi) is 6.22. The number of aromatic nitrogens is 6. The number of rotatable bonds is 5. The van der Waals surface area contributed by atoms with E-state index in [1.54, 1.807) is 42.7 Å². The largest absolute Gasteiger partial charge is 0.479 e. The Labute approximate surface area is 196 Å². The van der Waals surface area contributed by atoms with Gasteiger partial charge in [-0.1, -0.05) is 6.07 Å². The highest BCUT2D eigenvalue weighted by molar-refractivity contribution is 6.05. The lowest BCUT2D eigenvalue weighted by molar-refractivity contribution is 0.0289. The Morgan fingerprint density at radius 1 is 1.24 bits per heavy atom. The summed E-state index contributed by atoms with van der Waals surface area (Å²) in [4.78, 5) is 31.4. The molecule has 0 aliphatic carbocycles. The van der Waals surface area contributed by atoms with Gasteiger partial charge in [0.25, 0.3) is 5.91 Å². The molecule has 4 heterocycles. The van der Waals surface area contributed by atoms with Crippen molar-refractivity contribution in [1.82, 2.24) is 34.4 Å². The summed E-state index contributed by atoms with van der Waals surface area (Å²) in [6, 6.07) is 5.24. The lowest BCUT2D eigenvalue weighted by Gasteiger charge is -2.24. The average molecular weight is 469 g/mol. The number of anilines is 1. The molecular formula is C22H28N8O4. The quantitative estimate of drug-likeness (QED) is 0.605. The predicted octanol–water partition coefficient (Wildman–Crippen LogP) is 2.52.